The molecule has 0 heterocycles. The van der Waals surface area contributed by atoms with Crippen LogP contribution in [-0.2, 0) is 16.0 Å². The summed E-state index contributed by atoms with van der Waals surface area (Å²) in [4.78, 5) is 22.1. The molecule has 0 saturated heterocycles. The lowest BCUT2D eigenvalue weighted by Gasteiger charge is -2.18. The molecule has 0 aliphatic heterocycles. The Kier molecular flexibility index (Phi) is 5.98. The van der Waals surface area contributed by atoms with Crippen LogP contribution >= 0.6 is 0 Å². The predicted octanol–water partition coefficient (Wildman–Crippen LogP) is -0.492. The average molecular weight is 266 g/mol. The predicted molar refractivity (Wildman–Crippen MR) is 69.4 cm³/mol. The molecule has 0 unspecified atom stereocenters. The van der Waals surface area contributed by atoms with Crippen molar-refractivity contribution in [1.82, 2.24) is 5.32 Å². The number of amides is 1. The Balaban J connectivity index is 2.52. The minimum Gasteiger partial charge on any atom is -0.481 e. The summed E-state index contributed by atoms with van der Waals surface area (Å²) in [6, 6.07) is 7.78. The number of aliphatic hydroxyl groups excluding tert-OH is 1. The van der Waals surface area contributed by atoms with Gasteiger partial charge in [0.25, 0.3) is 0 Å². The van der Waals surface area contributed by atoms with Crippen molar-refractivity contribution < 1.29 is 19.8 Å². The molecule has 0 radical (unpaired) electrons. The van der Waals surface area contributed by atoms with Crippen LogP contribution in [0.5, 0.6) is 0 Å². The molecular weight excluding hydrogens is 248 g/mol. The first-order valence-electron chi connectivity index (χ1n) is 5.95. The fourth-order valence-electron chi connectivity index (χ4n) is 1.65. The summed E-state index contributed by atoms with van der Waals surface area (Å²) in [7, 11) is 0. The summed E-state index contributed by atoms with van der Waals surface area (Å²) in [6.45, 7) is -0.236. The number of hydrogen-bond acceptors (Lipinski definition) is 4. The highest BCUT2D eigenvalue weighted by Crippen LogP contribution is 2.03. The Morgan fingerprint density at radius 1 is 1.26 bits per heavy atom. The van der Waals surface area contributed by atoms with Crippen molar-refractivity contribution >= 4 is 11.9 Å². The fraction of sp³-hybridized carbons (Fsp3) is 0.385. The van der Waals surface area contributed by atoms with Gasteiger partial charge in [0.15, 0.2) is 0 Å². The van der Waals surface area contributed by atoms with Gasteiger partial charge in [-0.3, -0.25) is 9.59 Å². The van der Waals surface area contributed by atoms with Gasteiger partial charge in [-0.2, -0.15) is 0 Å². The number of rotatable bonds is 7. The van der Waals surface area contributed by atoms with E-state index in [-0.39, 0.29) is 6.61 Å². The lowest BCUT2D eigenvalue weighted by Crippen LogP contribution is -2.48. The number of aliphatic carboxylic acids is 1. The SMILES string of the molecule is N[C@H](CC(=O)O)C(=O)N[C@@H](CO)Cc1ccccc1. The van der Waals surface area contributed by atoms with Crippen LogP contribution in [0.25, 0.3) is 0 Å². The van der Waals surface area contributed by atoms with Crippen molar-refractivity contribution in [3.63, 3.8) is 0 Å². The first-order chi connectivity index (χ1) is 9.02. The number of carbonyl (C=O) groups excluding carboxylic acids is 1. The van der Waals surface area contributed by atoms with E-state index in [1.807, 2.05) is 30.3 Å². The zero-order chi connectivity index (χ0) is 14.3. The molecule has 0 spiro atoms. The Labute approximate surface area is 111 Å². The molecule has 0 aliphatic rings. The molecule has 0 fully saturated rings. The highest BCUT2D eigenvalue weighted by Gasteiger charge is 2.20. The number of aliphatic hydroxyl groups is 1. The zero-order valence-electron chi connectivity index (χ0n) is 10.5. The lowest BCUT2D eigenvalue weighted by molar-refractivity contribution is -0.139. The second-order valence-corrected chi connectivity index (χ2v) is 4.28. The Hall–Kier alpha value is -1.92. The quantitative estimate of drug-likeness (QED) is 0.532. The molecule has 104 valence electrons. The minimum atomic E-state index is -1.13. The molecule has 6 heteroatoms. The number of nitrogens with one attached hydrogen (secondary N) is 1. The third kappa shape index (κ3) is 5.50. The van der Waals surface area contributed by atoms with Crippen LogP contribution in [0, 0.1) is 0 Å². The highest BCUT2D eigenvalue weighted by atomic mass is 16.4. The first kappa shape index (κ1) is 15.1. The maximum Gasteiger partial charge on any atom is 0.305 e. The maximum atomic E-state index is 11.6. The second-order valence-electron chi connectivity index (χ2n) is 4.28. The van der Waals surface area contributed by atoms with E-state index in [2.05, 4.69) is 5.32 Å². The molecule has 1 rings (SSSR count). The van der Waals surface area contributed by atoms with Gasteiger partial charge in [0.2, 0.25) is 5.91 Å². The summed E-state index contributed by atoms with van der Waals surface area (Å²) >= 11 is 0. The fourth-order valence-corrected chi connectivity index (χ4v) is 1.65. The number of benzene rings is 1. The van der Waals surface area contributed by atoms with Crippen molar-refractivity contribution in [1.29, 1.82) is 0 Å². The van der Waals surface area contributed by atoms with Crippen LogP contribution in [-0.4, -0.2) is 40.8 Å². The molecule has 0 saturated carbocycles. The molecule has 0 bridgehead atoms. The Morgan fingerprint density at radius 3 is 2.42 bits per heavy atom. The zero-order valence-corrected chi connectivity index (χ0v) is 10.5. The first-order valence-corrected chi connectivity index (χ1v) is 5.95. The van der Waals surface area contributed by atoms with Gasteiger partial charge in [0, 0.05) is 0 Å². The van der Waals surface area contributed by atoms with Crippen LogP contribution in [0.1, 0.15) is 12.0 Å². The monoisotopic (exact) mass is 266 g/mol. The van der Waals surface area contributed by atoms with E-state index in [4.69, 9.17) is 10.8 Å². The van der Waals surface area contributed by atoms with Crippen molar-refractivity contribution in [3.8, 4) is 0 Å². The van der Waals surface area contributed by atoms with Crippen LogP contribution in [0.15, 0.2) is 30.3 Å². The van der Waals surface area contributed by atoms with Gasteiger partial charge in [-0.05, 0) is 12.0 Å². The molecular formula is C13H18N2O4. The molecule has 0 aromatic heterocycles. The smallest absolute Gasteiger partial charge is 0.305 e. The van der Waals surface area contributed by atoms with Gasteiger partial charge in [0.05, 0.1) is 25.1 Å². The molecule has 6 nitrogen and oxygen atoms in total. The molecule has 19 heavy (non-hydrogen) atoms. The number of carbonyl (C=O) groups is 2. The van der Waals surface area contributed by atoms with Crippen molar-refractivity contribution in [3.05, 3.63) is 35.9 Å². The third-order valence-corrected chi connectivity index (χ3v) is 2.62. The van der Waals surface area contributed by atoms with Gasteiger partial charge in [-0.1, -0.05) is 30.3 Å². The summed E-state index contributed by atoms with van der Waals surface area (Å²) in [5.74, 6) is -1.70. The molecule has 1 aromatic rings. The van der Waals surface area contributed by atoms with Gasteiger partial charge in [-0.15, -0.1) is 0 Å². The summed E-state index contributed by atoms with van der Waals surface area (Å²) in [6.07, 6.45) is 0.0260. The normalized spacial score (nSPS) is 13.6. The summed E-state index contributed by atoms with van der Waals surface area (Å²) in [5.41, 5.74) is 6.41. The topological polar surface area (TPSA) is 113 Å². The summed E-state index contributed by atoms with van der Waals surface area (Å²) in [5, 5.41) is 20.3. The van der Waals surface area contributed by atoms with E-state index in [0.29, 0.717) is 6.42 Å². The van der Waals surface area contributed by atoms with E-state index in [9.17, 15) is 14.7 Å². The van der Waals surface area contributed by atoms with Gasteiger partial charge in [-0.25, -0.2) is 0 Å². The van der Waals surface area contributed by atoms with Crippen LogP contribution in [0.2, 0.25) is 0 Å². The highest BCUT2D eigenvalue weighted by molar-refractivity contribution is 5.86. The van der Waals surface area contributed by atoms with Crippen LogP contribution in [0.3, 0.4) is 0 Å². The lowest BCUT2D eigenvalue weighted by atomic mass is 10.1. The van der Waals surface area contributed by atoms with Crippen molar-refractivity contribution in [2.45, 2.75) is 24.9 Å². The van der Waals surface area contributed by atoms with Crippen molar-refractivity contribution in [2.75, 3.05) is 6.61 Å². The van der Waals surface area contributed by atoms with Crippen LogP contribution < -0.4 is 11.1 Å². The van der Waals surface area contributed by atoms with E-state index >= 15 is 0 Å². The third-order valence-electron chi connectivity index (χ3n) is 2.62. The van der Waals surface area contributed by atoms with E-state index < -0.39 is 30.4 Å². The molecule has 0 aliphatic carbocycles. The molecule has 1 aromatic carbocycles. The van der Waals surface area contributed by atoms with Crippen LogP contribution in [0.4, 0.5) is 0 Å². The number of nitrogens with two attached hydrogens (primary N) is 1. The van der Waals surface area contributed by atoms with E-state index in [1.54, 1.807) is 0 Å². The van der Waals surface area contributed by atoms with Gasteiger partial charge < -0.3 is 21.3 Å². The Bertz CT molecular complexity index is 422. The molecule has 2 atom stereocenters. The number of hydrogen-bond donors (Lipinski definition) is 4. The van der Waals surface area contributed by atoms with E-state index in [1.165, 1.54) is 0 Å². The van der Waals surface area contributed by atoms with Crippen molar-refractivity contribution in [2.24, 2.45) is 5.73 Å². The maximum absolute atomic E-state index is 11.6. The minimum absolute atomic E-state index is 0.236. The number of carboxylic acids is 1. The average Bonchev–Trinajstić information content (AvgIpc) is 2.38. The largest absolute Gasteiger partial charge is 0.481 e. The molecule has 1 amide bonds. The number of carboxylic acid groups (broad SMARTS) is 1. The summed E-state index contributed by atoms with van der Waals surface area (Å²) < 4.78 is 0. The standard InChI is InChI=1S/C13H18N2O4/c14-11(7-12(17)18)13(19)15-10(8-16)6-9-4-2-1-3-5-9/h1-5,10-11,16H,6-8,14H2,(H,15,19)(H,17,18)/t10-,11-/m1/s1. The Morgan fingerprint density at radius 2 is 1.89 bits per heavy atom. The van der Waals surface area contributed by atoms with Gasteiger partial charge in [0.1, 0.15) is 0 Å². The van der Waals surface area contributed by atoms with Gasteiger partial charge >= 0.3 is 5.97 Å². The van der Waals surface area contributed by atoms with E-state index in [0.717, 1.165) is 5.56 Å². The molecule has 5 N–H and O–H groups in total. The second kappa shape index (κ2) is 7.50.